The molecule has 0 aliphatic heterocycles. The third-order valence-electron chi connectivity index (χ3n) is 3.00. The predicted octanol–water partition coefficient (Wildman–Crippen LogP) is 3.33. The Hall–Kier alpha value is -1.83. The molecule has 0 unspecified atom stereocenters. The molecule has 9 heteroatoms. The summed E-state index contributed by atoms with van der Waals surface area (Å²) in [7, 11) is 1.52. The van der Waals surface area contributed by atoms with Crippen molar-refractivity contribution in [3.8, 4) is 23.8 Å². The second kappa shape index (κ2) is 12.5. The summed E-state index contributed by atoms with van der Waals surface area (Å²) in [5, 5.41) is 5.55. The van der Waals surface area contributed by atoms with Gasteiger partial charge in [-0.2, -0.15) is 13.2 Å². The lowest BCUT2D eigenvalue weighted by molar-refractivity contribution is -0.132. The average molecular weight is 485 g/mol. The number of hydrogen-bond acceptors (Lipinski definition) is 3. The molecule has 0 saturated carbocycles. The molecule has 1 aromatic rings. The van der Waals surface area contributed by atoms with Crippen LogP contribution in [0.1, 0.15) is 18.9 Å². The Balaban J connectivity index is 0.00000625. The Labute approximate surface area is 168 Å². The van der Waals surface area contributed by atoms with E-state index in [0.29, 0.717) is 24.0 Å². The van der Waals surface area contributed by atoms with Crippen molar-refractivity contribution in [2.75, 3.05) is 26.8 Å². The SMILES string of the molecule is C#CCOc1cc(CN=C(NCC)NCCC(F)(F)F)ccc1OC.I. The first-order valence-corrected chi connectivity index (χ1v) is 7.71. The van der Waals surface area contributed by atoms with E-state index in [1.54, 1.807) is 18.2 Å². The fourth-order valence-electron chi connectivity index (χ4n) is 1.89. The Bertz CT molecular complexity index is 616. The largest absolute Gasteiger partial charge is 0.493 e. The van der Waals surface area contributed by atoms with Crippen molar-refractivity contribution < 1.29 is 22.6 Å². The zero-order valence-corrected chi connectivity index (χ0v) is 17.0. The smallest absolute Gasteiger partial charge is 0.390 e. The van der Waals surface area contributed by atoms with Crippen LogP contribution >= 0.6 is 24.0 Å². The molecular formula is C17H23F3IN3O2. The molecule has 1 aromatic carbocycles. The molecule has 0 aliphatic rings. The lowest BCUT2D eigenvalue weighted by Gasteiger charge is -2.13. The van der Waals surface area contributed by atoms with Crippen LogP contribution in [0.25, 0.3) is 0 Å². The molecule has 2 N–H and O–H groups in total. The highest BCUT2D eigenvalue weighted by Gasteiger charge is 2.26. The molecule has 0 atom stereocenters. The fourth-order valence-corrected chi connectivity index (χ4v) is 1.89. The number of hydrogen-bond donors (Lipinski definition) is 2. The van der Waals surface area contributed by atoms with E-state index >= 15 is 0 Å². The summed E-state index contributed by atoms with van der Waals surface area (Å²) in [6, 6.07) is 5.25. The number of benzene rings is 1. The number of halogens is 4. The lowest BCUT2D eigenvalue weighted by Crippen LogP contribution is -2.38. The van der Waals surface area contributed by atoms with E-state index in [4.69, 9.17) is 15.9 Å². The molecule has 0 fully saturated rings. The monoisotopic (exact) mass is 485 g/mol. The van der Waals surface area contributed by atoms with E-state index in [1.165, 1.54) is 7.11 Å². The van der Waals surface area contributed by atoms with Crippen LogP contribution in [0.4, 0.5) is 13.2 Å². The van der Waals surface area contributed by atoms with Crippen molar-refractivity contribution in [2.45, 2.75) is 26.1 Å². The van der Waals surface area contributed by atoms with Gasteiger partial charge in [0.25, 0.3) is 0 Å². The van der Waals surface area contributed by atoms with Gasteiger partial charge in [0.2, 0.25) is 0 Å². The highest BCUT2D eigenvalue weighted by atomic mass is 127. The van der Waals surface area contributed by atoms with Crippen molar-refractivity contribution in [3.63, 3.8) is 0 Å². The quantitative estimate of drug-likeness (QED) is 0.257. The number of nitrogens with zero attached hydrogens (tertiary/aromatic N) is 1. The first-order valence-electron chi connectivity index (χ1n) is 7.71. The molecular weight excluding hydrogens is 462 g/mol. The Morgan fingerprint density at radius 2 is 2.00 bits per heavy atom. The second-order valence-electron chi connectivity index (χ2n) is 4.97. The molecule has 0 bridgehead atoms. The van der Waals surface area contributed by atoms with Crippen LogP contribution in [-0.2, 0) is 6.54 Å². The van der Waals surface area contributed by atoms with Crippen LogP contribution in [0.15, 0.2) is 23.2 Å². The number of alkyl halides is 3. The molecule has 0 saturated heterocycles. The van der Waals surface area contributed by atoms with Gasteiger partial charge in [-0.05, 0) is 24.6 Å². The van der Waals surface area contributed by atoms with Crippen LogP contribution in [0.5, 0.6) is 11.5 Å². The van der Waals surface area contributed by atoms with Gasteiger partial charge in [0, 0.05) is 13.1 Å². The van der Waals surface area contributed by atoms with Crippen LogP contribution in [0, 0.1) is 12.3 Å². The van der Waals surface area contributed by atoms with E-state index in [2.05, 4.69) is 21.5 Å². The van der Waals surface area contributed by atoms with Crippen molar-refractivity contribution in [1.29, 1.82) is 0 Å². The van der Waals surface area contributed by atoms with Gasteiger partial charge >= 0.3 is 6.18 Å². The fraction of sp³-hybridized carbons (Fsp3) is 0.471. The summed E-state index contributed by atoms with van der Waals surface area (Å²) in [5.74, 6) is 3.71. The minimum Gasteiger partial charge on any atom is -0.493 e. The van der Waals surface area contributed by atoms with Gasteiger partial charge in [0.1, 0.15) is 6.61 Å². The van der Waals surface area contributed by atoms with Gasteiger partial charge in [0.05, 0.1) is 20.1 Å². The van der Waals surface area contributed by atoms with E-state index in [9.17, 15) is 13.2 Å². The number of nitrogens with one attached hydrogen (secondary N) is 2. The number of terminal acetylenes is 1. The Morgan fingerprint density at radius 3 is 2.58 bits per heavy atom. The van der Waals surface area contributed by atoms with Crippen molar-refractivity contribution in [2.24, 2.45) is 4.99 Å². The van der Waals surface area contributed by atoms with Crippen LogP contribution in [-0.4, -0.2) is 38.9 Å². The summed E-state index contributed by atoms with van der Waals surface area (Å²) in [6.45, 7) is 2.49. The molecule has 1 rings (SSSR count). The summed E-state index contributed by atoms with van der Waals surface area (Å²) in [6.07, 6.45) is 0.0491. The third kappa shape index (κ3) is 9.60. The molecule has 5 nitrogen and oxygen atoms in total. The number of methoxy groups -OCH3 is 1. The minimum atomic E-state index is -4.20. The van der Waals surface area contributed by atoms with E-state index < -0.39 is 12.6 Å². The molecule has 0 radical (unpaired) electrons. The van der Waals surface area contributed by atoms with E-state index in [1.807, 2.05) is 6.92 Å². The summed E-state index contributed by atoms with van der Waals surface area (Å²) in [4.78, 5) is 4.27. The molecule has 146 valence electrons. The molecule has 0 spiro atoms. The van der Waals surface area contributed by atoms with Crippen LogP contribution in [0.2, 0.25) is 0 Å². The number of aliphatic imine (C=N–C) groups is 1. The normalized spacial score (nSPS) is 11.2. The highest BCUT2D eigenvalue weighted by Crippen LogP contribution is 2.28. The highest BCUT2D eigenvalue weighted by molar-refractivity contribution is 14.0. The van der Waals surface area contributed by atoms with Crippen LogP contribution in [0.3, 0.4) is 0 Å². The predicted molar refractivity (Wildman–Crippen MR) is 106 cm³/mol. The first-order chi connectivity index (χ1) is 11.9. The number of ether oxygens (including phenoxy) is 2. The molecule has 26 heavy (non-hydrogen) atoms. The van der Waals surface area contributed by atoms with Gasteiger partial charge in [0.15, 0.2) is 17.5 Å². The molecule has 0 aliphatic carbocycles. The van der Waals surface area contributed by atoms with Gasteiger partial charge in [-0.15, -0.1) is 30.4 Å². The Morgan fingerprint density at radius 1 is 1.27 bits per heavy atom. The third-order valence-corrected chi connectivity index (χ3v) is 3.00. The number of rotatable bonds is 8. The summed E-state index contributed by atoms with van der Waals surface area (Å²) >= 11 is 0. The maximum Gasteiger partial charge on any atom is 0.390 e. The topological polar surface area (TPSA) is 54.9 Å². The van der Waals surface area contributed by atoms with E-state index in [-0.39, 0.29) is 43.7 Å². The molecule has 0 aromatic heterocycles. The average Bonchev–Trinajstić information content (AvgIpc) is 2.56. The molecule has 0 amide bonds. The Kier molecular flexibility index (Phi) is 11.6. The van der Waals surface area contributed by atoms with Crippen molar-refractivity contribution in [1.82, 2.24) is 10.6 Å². The maximum absolute atomic E-state index is 12.2. The van der Waals surface area contributed by atoms with Gasteiger partial charge in [-0.25, -0.2) is 4.99 Å². The number of guanidine groups is 1. The summed E-state index contributed by atoms with van der Waals surface area (Å²) < 4.78 is 47.3. The lowest BCUT2D eigenvalue weighted by atomic mass is 10.2. The standard InChI is InChI=1S/C17H22F3N3O2.HI/c1-4-10-25-15-11-13(6-7-14(15)24-3)12-23-16(21-5-2)22-9-8-17(18,19)20;/h1,6-7,11H,5,8-10,12H2,2-3H3,(H2,21,22,23);1H. The maximum atomic E-state index is 12.2. The van der Waals surface area contributed by atoms with Gasteiger partial charge in [-0.1, -0.05) is 12.0 Å². The summed E-state index contributed by atoms with van der Waals surface area (Å²) in [5.41, 5.74) is 0.806. The zero-order valence-electron chi connectivity index (χ0n) is 14.7. The minimum absolute atomic E-state index is 0. The van der Waals surface area contributed by atoms with Gasteiger partial charge in [-0.3, -0.25) is 0 Å². The first kappa shape index (κ1) is 24.2. The van der Waals surface area contributed by atoms with E-state index in [0.717, 1.165) is 5.56 Å². The van der Waals surface area contributed by atoms with Gasteiger partial charge < -0.3 is 20.1 Å². The van der Waals surface area contributed by atoms with Crippen molar-refractivity contribution >= 4 is 29.9 Å². The molecule has 0 heterocycles. The van der Waals surface area contributed by atoms with Crippen molar-refractivity contribution in [3.05, 3.63) is 23.8 Å². The zero-order chi connectivity index (χ0) is 18.7. The van der Waals surface area contributed by atoms with Crippen LogP contribution < -0.4 is 20.1 Å². The second-order valence-corrected chi connectivity index (χ2v) is 4.97.